The molecule has 1 spiro atoms. The number of hydrogen-bond donors (Lipinski definition) is 1. The van der Waals surface area contributed by atoms with Crippen molar-refractivity contribution in [1.29, 1.82) is 5.26 Å². The first-order chi connectivity index (χ1) is 11.1. The number of hydrogen-bond acceptors (Lipinski definition) is 4. The monoisotopic (exact) mass is 306 g/mol. The Balaban J connectivity index is 1.91. The lowest BCUT2D eigenvalue weighted by Gasteiger charge is -2.41. The van der Waals surface area contributed by atoms with Crippen molar-refractivity contribution in [3.05, 3.63) is 58.2 Å². The first-order valence-corrected chi connectivity index (χ1v) is 7.93. The first-order valence-electron chi connectivity index (χ1n) is 7.93. The molecule has 0 fully saturated rings. The van der Waals surface area contributed by atoms with Gasteiger partial charge >= 0.3 is 0 Å². The second-order valence-electron chi connectivity index (χ2n) is 6.27. The Morgan fingerprint density at radius 2 is 2.09 bits per heavy atom. The van der Waals surface area contributed by atoms with Crippen molar-refractivity contribution in [1.82, 2.24) is 0 Å². The second-order valence-corrected chi connectivity index (χ2v) is 6.27. The van der Waals surface area contributed by atoms with E-state index in [1.165, 1.54) is 5.56 Å². The van der Waals surface area contributed by atoms with Crippen LogP contribution in [0.5, 0.6) is 5.75 Å². The van der Waals surface area contributed by atoms with Gasteiger partial charge in [0.15, 0.2) is 5.60 Å². The van der Waals surface area contributed by atoms with Gasteiger partial charge in [-0.05, 0) is 44.4 Å². The van der Waals surface area contributed by atoms with E-state index >= 15 is 0 Å². The van der Waals surface area contributed by atoms with Crippen LogP contribution in [-0.2, 0) is 4.74 Å². The maximum Gasteiger partial charge on any atom is 0.209 e. The van der Waals surface area contributed by atoms with Gasteiger partial charge in [0.1, 0.15) is 23.2 Å². The number of ether oxygens (including phenoxy) is 2. The summed E-state index contributed by atoms with van der Waals surface area (Å²) in [6.45, 7) is 2.05. The van der Waals surface area contributed by atoms with Gasteiger partial charge in [-0.3, -0.25) is 0 Å². The standard InChI is InChI=1S/C19H18N2O2/c1-12-6-7-16-13(10-12)8-9-19(23-16)14-4-2-3-5-17(14)22-18(21)15(19)11-20/h6-10H,2-5,21H2,1H3. The predicted octanol–water partition coefficient (Wildman–Crippen LogP) is 3.69. The SMILES string of the molecule is Cc1ccc2c(c1)C=CC1(O2)C(C#N)=C(N)OC2=C1CCCC2. The highest BCUT2D eigenvalue weighted by atomic mass is 16.5. The zero-order valence-electron chi connectivity index (χ0n) is 13.1. The summed E-state index contributed by atoms with van der Waals surface area (Å²) >= 11 is 0. The van der Waals surface area contributed by atoms with Gasteiger partial charge in [-0.2, -0.15) is 5.26 Å². The van der Waals surface area contributed by atoms with Crippen LogP contribution in [0.3, 0.4) is 0 Å². The molecule has 0 saturated heterocycles. The average Bonchev–Trinajstić information content (AvgIpc) is 2.55. The molecule has 0 saturated carbocycles. The van der Waals surface area contributed by atoms with Gasteiger partial charge in [0.2, 0.25) is 5.88 Å². The second kappa shape index (κ2) is 4.92. The Labute approximate surface area is 135 Å². The Bertz CT molecular complexity index is 826. The molecule has 2 heterocycles. The van der Waals surface area contributed by atoms with Crippen LogP contribution in [0.1, 0.15) is 36.8 Å². The molecule has 1 aromatic carbocycles. The van der Waals surface area contributed by atoms with Crippen molar-refractivity contribution in [2.24, 2.45) is 5.73 Å². The normalized spacial score (nSPS) is 25.4. The van der Waals surface area contributed by atoms with Crippen molar-refractivity contribution in [2.45, 2.75) is 38.2 Å². The van der Waals surface area contributed by atoms with E-state index in [4.69, 9.17) is 15.2 Å². The molecule has 4 heteroatoms. The summed E-state index contributed by atoms with van der Waals surface area (Å²) in [7, 11) is 0. The minimum Gasteiger partial charge on any atom is -0.472 e. The van der Waals surface area contributed by atoms with E-state index in [0.717, 1.165) is 48.3 Å². The quantitative estimate of drug-likeness (QED) is 0.793. The molecule has 4 rings (SSSR count). The molecule has 1 aliphatic carbocycles. The average molecular weight is 306 g/mol. The summed E-state index contributed by atoms with van der Waals surface area (Å²) in [6.07, 6.45) is 7.84. The van der Waals surface area contributed by atoms with Gasteiger partial charge in [0.25, 0.3) is 0 Å². The van der Waals surface area contributed by atoms with Crippen LogP contribution >= 0.6 is 0 Å². The lowest BCUT2D eigenvalue weighted by atomic mass is 9.77. The van der Waals surface area contributed by atoms with Crippen molar-refractivity contribution < 1.29 is 9.47 Å². The molecule has 2 N–H and O–H groups in total. The van der Waals surface area contributed by atoms with E-state index in [0.29, 0.717) is 5.57 Å². The molecular weight excluding hydrogens is 288 g/mol. The van der Waals surface area contributed by atoms with E-state index < -0.39 is 5.60 Å². The highest BCUT2D eigenvalue weighted by Gasteiger charge is 2.48. The molecule has 3 aliphatic rings. The fraction of sp³-hybridized carbons (Fsp3) is 0.316. The van der Waals surface area contributed by atoms with Gasteiger partial charge in [0, 0.05) is 17.6 Å². The smallest absolute Gasteiger partial charge is 0.209 e. The number of rotatable bonds is 0. The lowest BCUT2D eigenvalue weighted by molar-refractivity contribution is 0.142. The Kier molecular flexibility index (Phi) is 2.99. The topological polar surface area (TPSA) is 68.3 Å². The lowest BCUT2D eigenvalue weighted by Crippen LogP contribution is -2.45. The summed E-state index contributed by atoms with van der Waals surface area (Å²) in [4.78, 5) is 0. The van der Waals surface area contributed by atoms with Gasteiger partial charge in [0.05, 0.1) is 0 Å². The summed E-state index contributed by atoms with van der Waals surface area (Å²) < 4.78 is 12.1. The molecule has 0 radical (unpaired) electrons. The highest BCUT2D eigenvalue weighted by molar-refractivity contribution is 5.68. The number of allylic oxidation sites excluding steroid dienone is 1. The molecule has 1 unspecified atom stereocenters. The van der Waals surface area contributed by atoms with Gasteiger partial charge in [-0.1, -0.05) is 17.7 Å². The van der Waals surface area contributed by atoms with Crippen molar-refractivity contribution in [2.75, 3.05) is 0 Å². The zero-order chi connectivity index (χ0) is 16.0. The number of nitrogens with two attached hydrogens (primary N) is 1. The number of aryl methyl sites for hydroxylation is 1. The van der Waals surface area contributed by atoms with E-state index in [1.807, 2.05) is 31.2 Å². The molecule has 1 atom stereocenters. The molecule has 0 amide bonds. The number of benzene rings is 1. The van der Waals surface area contributed by atoms with E-state index in [-0.39, 0.29) is 5.88 Å². The van der Waals surface area contributed by atoms with Crippen LogP contribution in [0.2, 0.25) is 0 Å². The molecular formula is C19H18N2O2. The zero-order valence-corrected chi connectivity index (χ0v) is 13.1. The van der Waals surface area contributed by atoms with Gasteiger partial charge in [-0.15, -0.1) is 0 Å². The molecule has 4 nitrogen and oxygen atoms in total. The fourth-order valence-electron chi connectivity index (χ4n) is 3.64. The number of nitriles is 1. The third-order valence-electron chi connectivity index (χ3n) is 4.76. The number of nitrogens with zero attached hydrogens (tertiary/aromatic N) is 1. The number of fused-ring (bicyclic) bond motifs is 2. The van der Waals surface area contributed by atoms with Crippen LogP contribution in [0.15, 0.2) is 47.1 Å². The summed E-state index contributed by atoms with van der Waals surface area (Å²) in [5.41, 5.74) is 8.71. The minimum atomic E-state index is -0.908. The van der Waals surface area contributed by atoms with Crippen LogP contribution in [0, 0.1) is 18.3 Å². The molecule has 1 aromatic rings. The summed E-state index contributed by atoms with van der Waals surface area (Å²) in [6, 6.07) is 8.26. The highest BCUT2D eigenvalue weighted by Crippen LogP contribution is 2.48. The van der Waals surface area contributed by atoms with Crippen LogP contribution < -0.4 is 10.5 Å². The van der Waals surface area contributed by atoms with E-state index in [9.17, 15) is 5.26 Å². The van der Waals surface area contributed by atoms with Crippen LogP contribution in [0.4, 0.5) is 0 Å². The van der Waals surface area contributed by atoms with E-state index in [1.54, 1.807) is 0 Å². The minimum absolute atomic E-state index is 0.161. The molecule has 23 heavy (non-hydrogen) atoms. The molecule has 116 valence electrons. The fourth-order valence-corrected chi connectivity index (χ4v) is 3.64. The van der Waals surface area contributed by atoms with Gasteiger partial charge < -0.3 is 15.2 Å². The predicted molar refractivity (Wildman–Crippen MR) is 87.0 cm³/mol. The molecule has 0 aromatic heterocycles. The van der Waals surface area contributed by atoms with Gasteiger partial charge in [-0.25, -0.2) is 0 Å². The van der Waals surface area contributed by atoms with Crippen molar-refractivity contribution in [3.63, 3.8) is 0 Å². The maximum absolute atomic E-state index is 9.66. The van der Waals surface area contributed by atoms with Crippen molar-refractivity contribution >= 4 is 6.08 Å². The Morgan fingerprint density at radius 3 is 2.91 bits per heavy atom. The molecule has 2 aliphatic heterocycles. The Morgan fingerprint density at radius 1 is 1.26 bits per heavy atom. The first kappa shape index (κ1) is 14.0. The third kappa shape index (κ3) is 1.97. The summed E-state index contributed by atoms with van der Waals surface area (Å²) in [5.74, 6) is 1.80. The van der Waals surface area contributed by atoms with Crippen molar-refractivity contribution in [3.8, 4) is 11.8 Å². The maximum atomic E-state index is 9.66. The Hall–Kier alpha value is -2.67. The largest absolute Gasteiger partial charge is 0.472 e. The molecule has 0 bridgehead atoms. The van der Waals surface area contributed by atoms with Crippen LogP contribution in [0.25, 0.3) is 6.08 Å². The van der Waals surface area contributed by atoms with Crippen LogP contribution in [-0.4, -0.2) is 5.60 Å². The summed E-state index contributed by atoms with van der Waals surface area (Å²) in [5, 5.41) is 9.66. The third-order valence-corrected chi connectivity index (χ3v) is 4.76. The van der Waals surface area contributed by atoms with E-state index in [2.05, 4.69) is 12.1 Å².